The fraction of sp³-hybridized carbons (Fsp3) is 0.556. The predicted octanol–water partition coefficient (Wildman–Crippen LogP) is 5.13. The largest absolute Gasteiger partial charge is 0.495 e. The van der Waals surface area contributed by atoms with E-state index in [0.717, 1.165) is 36.3 Å². The molecule has 0 radical (unpaired) electrons. The highest BCUT2D eigenvalue weighted by atomic mass is 35.5. The van der Waals surface area contributed by atoms with Crippen LogP contribution in [0.25, 0.3) is 0 Å². The van der Waals surface area contributed by atoms with Crippen LogP contribution in [0.2, 0.25) is 5.02 Å². The topological polar surface area (TPSA) is 62.2 Å². The number of rotatable bonds is 7. The first-order valence-corrected chi connectivity index (χ1v) is 12.1. The minimum absolute atomic E-state index is 0.261. The zero-order chi connectivity index (χ0) is 24.0. The van der Waals surface area contributed by atoms with E-state index in [1.54, 1.807) is 21.0 Å². The van der Waals surface area contributed by atoms with E-state index < -0.39 is 11.2 Å². The van der Waals surface area contributed by atoms with Crippen molar-refractivity contribution in [2.45, 2.75) is 83.2 Å². The van der Waals surface area contributed by atoms with Gasteiger partial charge in [-0.2, -0.15) is 0 Å². The average Bonchev–Trinajstić information content (AvgIpc) is 2.99. The maximum absolute atomic E-state index is 11.6. The van der Waals surface area contributed by atoms with Gasteiger partial charge in [0.1, 0.15) is 18.1 Å². The Labute approximate surface area is 202 Å². The zero-order valence-electron chi connectivity index (χ0n) is 20.3. The summed E-state index contributed by atoms with van der Waals surface area (Å²) in [7, 11) is 1.60. The Morgan fingerprint density at radius 1 is 1.06 bits per heavy atom. The number of methoxy groups -OCH3 is 1. The monoisotopic (exact) mass is 473 g/mol. The summed E-state index contributed by atoms with van der Waals surface area (Å²) in [6.07, 6.45) is 3.61. The zero-order valence-corrected chi connectivity index (χ0v) is 21.1. The second-order valence-corrected chi connectivity index (χ2v) is 10.8. The number of ether oxygens (including phenoxy) is 2. The maximum Gasteiger partial charge on any atom is 0.137 e. The fourth-order valence-corrected chi connectivity index (χ4v) is 5.58. The molecular formula is C27H36ClNO4. The molecule has 6 heteroatoms. The molecule has 2 heterocycles. The highest BCUT2D eigenvalue weighted by Crippen LogP contribution is 2.47. The summed E-state index contributed by atoms with van der Waals surface area (Å²) in [6, 6.07) is 10.5. The molecule has 2 aliphatic rings. The first-order chi connectivity index (χ1) is 15.5. The van der Waals surface area contributed by atoms with Crippen molar-refractivity contribution in [2.24, 2.45) is 0 Å². The van der Waals surface area contributed by atoms with E-state index in [9.17, 15) is 10.2 Å². The van der Waals surface area contributed by atoms with E-state index >= 15 is 0 Å². The van der Waals surface area contributed by atoms with Gasteiger partial charge < -0.3 is 19.7 Å². The summed E-state index contributed by atoms with van der Waals surface area (Å²) in [4.78, 5) is 2.57. The molecule has 2 unspecified atom stereocenters. The van der Waals surface area contributed by atoms with Crippen LogP contribution in [0.5, 0.6) is 11.5 Å². The van der Waals surface area contributed by atoms with Crippen LogP contribution in [0.3, 0.4) is 0 Å². The van der Waals surface area contributed by atoms with Crippen molar-refractivity contribution in [3.05, 3.63) is 57.6 Å². The summed E-state index contributed by atoms with van der Waals surface area (Å²) < 4.78 is 11.3. The van der Waals surface area contributed by atoms with Gasteiger partial charge in [-0.3, -0.25) is 4.90 Å². The number of piperidine rings is 1. The Hall–Kier alpha value is -1.79. The Morgan fingerprint density at radius 3 is 2.33 bits per heavy atom. The van der Waals surface area contributed by atoms with Crippen molar-refractivity contribution in [3.8, 4) is 11.5 Å². The van der Waals surface area contributed by atoms with Crippen LogP contribution < -0.4 is 9.47 Å². The lowest BCUT2D eigenvalue weighted by molar-refractivity contribution is -0.0596. The Balaban J connectivity index is 1.50. The number of nitrogens with zero attached hydrogens (tertiary/aromatic N) is 1. The fourth-order valence-electron chi connectivity index (χ4n) is 5.39. The number of aliphatic hydroxyl groups is 2. The molecule has 2 aromatic rings. The van der Waals surface area contributed by atoms with E-state index in [2.05, 4.69) is 24.8 Å². The van der Waals surface area contributed by atoms with E-state index in [0.29, 0.717) is 35.7 Å². The standard InChI is InChI=1S/C27H36ClNO4/c1-17-18(2)24(33-16-26(3,4)30)11-6-19(17)15-29-21-8-9-22(29)14-27(31,13-21)20-7-10-23(28)25(12-20)32-5/h6-7,10-12,21-22,30-31H,8-9,13-16H2,1-5H3. The Bertz CT molecular complexity index is 1000. The first kappa shape index (κ1) is 24.3. The number of hydrogen-bond donors (Lipinski definition) is 2. The highest BCUT2D eigenvalue weighted by molar-refractivity contribution is 6.32. The molecule has 2 N–H and O–H groups in total. The summed E-state index contributed by atoms with van der Waals surface area (Å²) >= 11 is 6.21. The van der Waals surface area contributed by atoms with Gasteiger partial charge in [0.15, 0.2) is 0 Å². The van der Waals surface area contributed by atoms with Gasteiger partial charge in [0.05, 0.1) is 23.3 Å². The molecule has 0 spiro atoms. The van der Waals surface area contributed by atoms with Crippen molar-refractivity contribution in [3.63, 3.8) is 0 Å². The SMILES string of the molecule is COc1cc(C2(O)CC3CCC(C2)N3Cc2ccc(OCC(C)(C)O)c(C)c2C)ccc1Cl. The predicted molar refractivity (Wildman–Crippen MR) is 131 cm³/mol. The number of halogens is 1. The van der Waals surface area contributed by atoms with E-state index in [1.807, 2.05) is 24.3 Å². The third kappa shape index (κ3) is 5.02. The van der Waals surface area contributed by atoms with Crippen LogP contribution in [-0.2, 0) is 12.1 Å². The van der Waals surface area contributed by atoms with Gasteiger partial charge in [0.25, 0.3) is 0 Å². The van der Waals surface area contributed by atoms with Crippen LogP contribution in [0.15, 0.2) is 30.3 Å². The van der Waals surface area contributed by atoms with Gasteiger partial charge in [-0.25, -0.2) is 0 Å². The van der Waals surface area contributed by atoms with E-state index in [1.165, 1.54) is 11.1 Å². The lowest BCUT2D eigenvalue weighted by Crippen LogP contribution is -2.49. The van der Waals surface area contributed by atoms with Gasteiger partial charge >= 0.3 is 0 Å². The number of hydrogen-bond acceptors (Lipinski definition) is 5. The number of benzene rings is 2. The Morgan fingerprint density at radius 2 is 1.73 bits per heavy atom. The molecule has 0 aromatic heterocycles. The first-order valence-electron chi connectivity index (χ1n) is 11.8. The number of fused-ring (bicyclic) bond motifs is 2. The molecule has 0 aliphatic carbocycles. The maximum atomic E-state index is 11.6. The van der Waals surface area contributed by atoms with E-state index in [-0.39, 0.29) is 6.61 Å². The molecule has 2 saturated heterocycles. The van der Waals surface area contributed by atoms with Crippen LogP contribution in [0.1, 0.15) is 61.8 Å². The molecule has 33 heavy (non-hydrogen) atoms. The van der Waals surface area contributed by atoms with Gasteiger partial charge in [-0.1, -0.05) is 23.7 Å². The summed E-state index contributed by atoms with van der Waals surface area (Å²) in [6.45, 7) is 8.85. The van der Waals surface area contributed by atoms with Gasteiger partial charge in [0, 0.05) is 18.6 Å². The lowest BCUT2D eigenvalue weighted by Gasteiger charge is -2.44. The molecule has 2 fully saturated rings. The van der Waals surface area contributed by atoms with E-state index in [4.69, 9.17) is 21.1 Å². The summed E-state index contributed by atoms with van der Waals surface area (Å²) in [5, 5.41) is 22.2. The smallest absolute Gasteiger partial charge is 0.137 e. The molecule has 0 saturated carbocycles. The van der Waals surface area contributed by atoms with Crippen molar-refractivity contribution in [2.75, 3.05) is 13.7 Å². The van der Waals surface area contributed by atoms with Crippen molar-refractivity contribution in [1.82, 2.24) is 4.90 Å². The van der Waals surface area contributed by atoms with Crippen molar-refractivity contribution < 1.29 is 19.7 Å². The molecule has 2 aliphatic heterocycles. The molecular weight excluding hydrogens is 438 g/mol. The second kappa shape index (κ2) is 9.10. The quantitative estimate of drug-likeness (QED) is 0.583. The average molecular weight is 474 g/mol. The third-order valence-electron chi connectivity index (χ3n) is 7.39. The molecule has 2 bridgehead atoms. The Kier molecular flexibility index (Phi) is 6.71. The molecule has 0 amide bonds. The minimum Gasteiger partial charge on any atom is -0.495 e. The molecule has 2 atom stereocenters. The second-order valence-electron chi connectivity index (χ2n) is 10.4. The van der Waals surface area contributed by atoms with Crippen molar-refractivity contribution in [1.29, 1.82) is 0 Å². The highest BCUT2D eigenvalue weighted by Gasteiger charge is 2.48. The normalized spacial score (nSPS) is 25.3. The molecule has 4 rings (SSSR count). The van der Waals surface area contributed by atoms with Crippen LogP contribution in [0.4, 0.5) is 0 Å². The minimum atomic E-state index is -0.864. The third-order valence-corrected chi connectivity index (χ3v) is 7.70. The van der Waals surface area contributed by atoms with Crippen LogP contribution in [-0.4, -0.2) is 46.5 Å². The van der Waals surface area contributed by atoms with Gasteiger partial charge in [-0.05, 0) is 93.8 Å². The summed E-state index contributed by atoms with van der Waals surface area (Å²) in [5.41, 5.74) is 2.80. The molecule has 5 nitrogen and oxygen atoms in total. The molecule has 2 aromatic carbocycles. The summed E-state index contributed by atoms with van der Waals surface area (Å²) in [5.74, 6) is 1.43. The molecule has 180 valence electrons. The lowest BCUT2D eigenvalue weighted by atomic mass is 9.80. The van der Waals surface area contributed by atoms with Crippen molar-refractivity contribution >= 4 is 11.6 Å². The van der Waals surface area contributed by atoms with Crippen LogP contribution >= 0.6 is 11.6 Å². The van der Waals surface area contributed by atoms with Gasteiger partial charge in [-0.15, -0.1) is 0 Å². The van der Waals surface area contributed by atoms with Gasteiger partial charge in [0.2, 0.25) is 0 Å². The van der Waals surface area contributed by atoms with Crippen LogP contribution in [0, 0.1) is 13.8 Å².